The molecule has 2 rings (SSSR count). The van der Waals surface area contributed by atoms with Gasteiger partial charge in [-0.2, -0.15) is 0 Å². The number of rotatable bonds is 6. The molecular weight excluding hydrogens is 251 g/mol. The molecule has 2 nitrogen and oxygen atoms in total. The van der Waals surface area contributed by atoms with Gasteiger partial charge in [0.15, 0.2) is 0 Å². The highest BCUT2D eigenvalue weighted by molar-refractivity contribution is 5.51. The molecule has 112 valence electrons. The van der Waals surface area contributed by atoms with Gasteiger partial charge in [-0.3, -0.25) is 0 Å². The molecule has 1 aromatic rings. The second-order valence-electron chi connectivity index (χ2n) is 5.78. The minimum Gasteiger partial charge on any atom is -0.366 e. The Balaban J connectivity index is 2.13. The van der Waals surface area contributed by atoms with Gasteiger partial charge in [0.2, 0.25) is 0 Å². The monoisotopic (exact) mass is 278 g/mol. The van der Waals surface area contributed by atoms with Crippen LogP contribution >= 0.6 is 0 Å². The molecule has 0 saturated carbocycles. The van der Waals surface area contributed by atoms with Crippen LogP contribution in [0.15, 0.2) is 18.2 Å². The number of hydrogen-bond acceptors (Lipinski definition) is 2. The third kappa shape index (κ3) is 3.32. The lowest BCUT2D eigenvalue weighted by molar-refractivity contribution is 0.559. The molecule has 20 heavy (non-hydrogen) atoms. The molecule has 0 radical (unpaired) electrons. The molecule has 0 bridgehead atoms. The molecule has 1 aliphatic rings. The van der Waals surface area contributed by atoms with E-state index in [0.29, 0.717) is 6.04 Å². The Morgan fingerprint density at radius 2 is 2.20 bits per heavy atom. The summed E-state index contributed by atoms with van der Waals surface area (Å²) in [5, 5.41) is 3.40. The van der Waals surface area contributed by atoms with E-state index in [-0.39, 0.29) is 11.9 Å². The summed E-state index contributed by atoms with van der Waals surface area (Å²) in [4.78, 5) is 2.24. The number of hydrogen-bond donors (Lipinski definition) is 1. The summed E-state index contributed by atoms with van der Waals surface area (Å²) in [6, 6.07) is 6.44. The number of nitrogens with zero attached hydrogens (tertiary/aromatic N) is 1. The zero-order valence-corrected chi connectivity index (χ0v) is 13.0. The highest BCUT2D eigenvalue weighted by atomic mass is 19.1. The predicted octanol–water partition coefficient (Wildman–Crippen LogP) is 4.27. The topological polar surface area (TPSA) is 15.3 Å². The first-order chi connectivity index (χ1) is 9.67. The van der Waals surface area contributed by atoms with Crippen molar-refractivity contribution in [3.8, 4) is 0 Å². The average Bonchev–Trinajstić information content (AvgIpc) is 2.92. The molecule has 2 unspecified atom stereocenters. The lowest BCUT2D eigenvalue weighted by Crippen LogP contribution is -2.29. The third-order valence-electron chi connectivity index (χ3n) is 4.33. The first-order valence-electron chi connectivity index (χ1n) is 7.96. The summed E-state index contributed by atoms with van der Waals surface area (Å²) in [5.41, 5.74) is 1.81. The highest BCUT2D eigenvalue weighted by Crippen LogP contribution is 2.30. The van der Waals surface area contributed by atoms with E-state index in [1.165, 1.54) is 12.8 Å². The Bertz CT molecular complexity index is 433. The normalized spacial score (nSPS) is 20.4. The molecule has 1 N–H and O–H groups in total. The fourth-order valence-corrected chi connectivity index (χ4v) is 3.08. The SMILES string of the molecule is CCCNC(C)c1ccc(N2CCCC2CC)c(F)c1. The van der Waals surface area contributed by atoms with Crippen LogP contribution in [0.5, 0.6) is 0 Å². The lowest BCUT2D eigenvalue weighted by atomic mass is 10.1. The van der Waals surface area contributed by atoms with E-state index in [1.807, 2.05) is 6.07 Å². The van der Waals surface area contributed by atoms with Gasteiger partial charge >= 0.3 is 0 Å². The maximum absolute atomic E-state index is 14.4. The Labute approximate surface area is 122 Å². The lowest BCUT2D eigenvalue weighted by Gasteiger charge is -2.27. The number of halogens is 1. The van der Waals surface area contributed by atoms with Gasteiger partial charge in [-0.1, -0.05) is 19.9 Å². The van der Waals surface area contributed by atoms with Gasteiger partial charge < -0.3 is 10.2 Å². The molecule has 1 fully saturated rings. The fourth-order valence-electron chi connectivity index (χ4n) is 3.08. The molecule has 2 atom stereocenters. The number of nitrogens with one attached hydrogen (secondary N) is 1. The molecular formula is C17H27FN2. The second kappa shape index (κ2) is 7.07. The van der Waals surface area contributed by atoms with E-state index < -0.39 is 0 Å². The summed E-state index contributed by atoms with van der Waals surface area (Å²) < 4.78 is 14.4. The fraction of sp³-hybridized carbons (Fsp3) is 0.647. The van der Waals surface area contributed by atoms with Crippen LogP contribution in [0.3, 0.4) is 0 Å². The maximum Gasteiger partial charge on any atom is 0.146 e. The van der Waals surface area contributed by atoms with Crippen LogP contribution in [0.1, 0.15) is 58.1 Å². The molecule has 0 amide bonds. The van der Waals surface area contributed by atoms with Crippen molar-refractivity contribution in [1.82, 2.24) is 5.32 Å². The van der Waals surface area contributed by atoms with E-state index in [9.17, 15) is 4.39 Å². The Morgan fingerprint density at radius 1 is 1.40 bits per heavy atom. The Morgan fingerprint density at radius 3 is 2.85 bits per heavy atom. The van der Waals surface area contributed by atoms with E-state index in [2.05, 4.69) is 37.1 Å². The van der Waals surface area contributed by atoms with Gasteiger partial charge in [0, 0.05) is 18.6 Å². The van der Waals surface area contributed by atoms with Crippen molar-refractivity contribution in [2.45, 2.75) is 58.5 Å². The Kier molecular flexibility index (Phi) is 5.41. The summed E-state index contributed by atoms with van der Waals surface area (Å²) in [6.45, 7) is 8.37. The zero-order chi connectivity index (χ0) is 14.5. The van der Waals surface area contributed by atoms with E-state index in [0.717, 1.165) is 37.2 Å². The van der Waals surface area contributed by atoms with Crippen molar-refractivity contribution in [3.05, 3.63) is 29.6 Å². The van der Waals surface area contributed by atoms with Crippen molar-refractivity contribution < 1.29 is 4.39 Å². The molecule has 0 aliphatic carbocycles. The van der Waals surface area contributed by atoms with Crippen molar-refractivity contribution in [2.24, 2.45) is 0 Å². The van der Waals surface area contributed by atoms with Crippen molar-refractivity contribution in [3.63, 3.8) is 0 Å². The quantitative estimate of drug-likeness (QED) is 0.836. The maximum atomic E-state index is 14.4. The van der Waals surface area contributed by atoms with E-state index >= 15 is 0 Å². The summed E-state index contributed by atoms with van der Waals surface area (Å²) in [5.74, 6) is -0.0759. The summed E-state index contributed by atoms with van der Waals surface area (Å²) >= 11 is 0. The van der Waals surface area contributed by atoms with Crippen molar-refractivity contribution in [1.29, 1.82) is 0 Å². The van der Waals surface area contributed by atoms with Crippen LogP contribution in [0.25, 0.3) is 0 Å². The van der Waals surface area contributed by atoms with E-state index in [1.54, 1.807) is 6.07 Å². The van der Waals surface area contributed by atoms with Crippen LogP contribution in [-0.4, -0.2) is 19.1 Å². The number of anilines is 1. The smallest absolute Gasteiger partial charge is 0.146 e. The Hall–Kier alpha value is -1.09. The number of benzene rings is 1. The minimum absolute atomic E-state index is 0.0759. The summed E-state index contributed by atoms with van der Waals surface area (Å²) in [7, 11) is 0. The first kappa shape index (κ1) is 15.3. The predicted molar refractivity (Wildman–Crippen MR) is 83.8 cm³/mol. The van der Waals surface area contributed by atoms with Crippen LogP contribution in [0, 0.1) is 5.82 Å². The zero-order valence-electron chi connectivity index (χ0n) is 13.0. The standard InChI is InChI=1S/C17H27FN2/c1-4-10-19-13(3)14-8-9-17(16(18)12-14)20-11-6-7-15(20)5-2/h8-9,12-13,15,19H,4-7,10-11H2,1-3H3. The van der Waals surface area contributed by atoms with E-state index in [4.69, 9.17) is 0 Å². The third-order valence-corrected chi connectivity index (χ3v) is 4.33. The van der Waals surface area contributed by atoms with Crippen LogP contribution < -0.4 is 10.2 Å². The van der Waals surface area contributed by atoms with Gasteiger partial charge in [0.1, 0.15) is 5.82 Å². The molecule has 3 heteroatoms. The van der Waals surface area contributed by atoms with Crippen LogP contribution in [-0.2, 0) is 0 Å². The van der Waals surface area contributed by atoms with Gasteiger partial charge in [-0.15, -0.1) is 0 Å². The van der Waals surface area contributed by atoms with Crippen LogP contribution in [0.2, 0.25) is 0 Å². The van der Waals surface area contributed by atoms with Crippen LogP contribution in [0.4, 0.5) is 10.1 Å². The molecule has 1 aromatic carbocycles. The first-order valence-corrected chi connectivity index (χ1v) is 7.96. The average molecular weight is 278 g/mol. The van der Waals surface area contributed by atoms with Crippen molar-refractivity contribution in [2.75, 3.05) is 18.0 Å². The molecule has 1 heterocycles. The molecule has 1 aliphatic heterocycles. The summed E-state index contributed by atoms with van der Waals surface area (Å²) in [6.07, 6.45) is 4.55. The molecule has 0 spiro atoms. The minimum atomic E-state index is -0.0759. The van der Waals surface area contributed by atoms with Gasteiger partial charge in [0.25, 0.3) is 0 Å². The second-order valence-corrected chi connectivity index (χ2v) is 5.78. The van der Waals surface area contributed by atoms with Crippen molar-refractivity contribution >= 4 is 5.69 Å². The highest BCUT2D eigenvalue weighted by Gasteiger charge is 2.25. The van der Waals surface area contributed by atoms with Gasteiger partial charge in [-0.25, -0.2) is 4.39 Å². The largest absolute Gasteiger partial charge is 0.366 e. The molecule has 0 aromatic heterocycles. The van der Waals surface area contributed by atoms with Gasteiger partial charge in [-0.05, 0) is 56.8 Å². The molecule has 1 saturated heterocycles. The van der Waals surface area contributed by atoms with Gasteiger partial charge in [0.05, 0.1) is 5.69 Å².